The van der Waals surface area contributed by atoms with Crippen LogP contribution in [0.3, 0.4) is 0 Å². The van der Waals surface area contributed by atoms with Gasteiger partial charge in [0, 0.05) is 5.69 Å². The van der Waals surface area contributed by atoms with Gasteiger partial charge in [-0.3, -0.25) is 4.84 Å². The van der Waals surface area contributed by atoms with Crippen molar-refractivity contribution in [3.8, 4) is 0 Å². The van der Waals surface area contributed by atoms with E-state index >= 15 is 0 Å². The van der Waals surface area contributed by atoms with E-state index in [1.165, 1.54) is 19.2 Å². The Morgan fingerprint density at radius 3 is 2.54 bits per heavy atom. The monoisotopic (exact) mass is 200 g/mol. The fraction of sp³-hybridized carbons (Fsp3) is 0.125. The van der Waals surface area contributed by atoms with Gasteiger partial charge in [-0.05, 0) is 36.5 Å². The van der Waals surface area contributed by atoms with Gasteiger partial charge in [0.05, 0.1) is 7.11 Å². The molecular weight excluding hydrogens is 191 g/mol. The standard InChI is InChI=1S/C8H9FN2OS/c1-12-11-8(13)10-7-4-2-6(9)3-5-7/h2-5H,1H3,(H2,10,11,13). The average Bonchev–Trinajstić information content (AvgIpc) is 2.09. The largest absolute Gasteiger partial charge is 0.331 e. The Kier molecular flexibility index (Phi) is 3.60. The zero-order chi connectivity index (χ0) is 9.68. The molecule has 1 aromatic rings. The van der Waals surface area contributed by atoms with Gasteiger partial charge in [-0.2, -0.15) is 0 Å². The number of hydrogen-bond donors (Lipinski definition) is 2. The topological polar surface area (TPSA) is 33.3 Å². The molecule has 0 saturated carbocycles. The number of hydroxylamine groups is 1. The molecule has 0 aliphatic heterocycles. The molecule has 13 heavy (non-hydrogen) atoms. The van der Waals surface area contributed by atoms with Crippen LogP contribution in [0.25, 0.3) is 0 Å². The molecule has 0 aromatic heterocycles. The number of halogens is 1. The van der Waals surface area contributed by atoms with Crippen molar-refractivity contribution in [2.45, 2.75) is 0 Å². The molecule has 0 amide bonds. The summed E-state index contributed by atoms with van der Waals surface area (Å²) in [5.74, 6) is -0.281. The van der Waals surface area contributed by atoms with E-state index in [4.69, 9.17) is 12.2 Å². The molecule has 0 heterocycles. The van der Waals surface area contributed by atoms with Crippen LogP contribution in [0, 0.1) is 5.82 Å². The van der Waals surface area contributed by atoms with Crippen molar-refractivity contribution >= 4 is 23.0 Å². The quantitative estimate of drug-likeness (QED) is 0.562. The fourth-order valence-corrected chi connectivity index (χ4v) is 0.984. The molecule has 3 nitrogen and oxygen atoms in total. The van der Waals surface area contributed by atoms with Crippen LogP contribution in [0.4, 0.5) is 10.1 Å². The molecule has 0 spiro atoms. The zero-order valence-corrected chi connectivity index (χ0v) is 7.82. The van der Waals surface area contributed by atoms with Gasteiger partial charge in [0.2, 0.25) is 0 Å². The molecule has 0 bridgehead atoms. The summed E-state index contributed by atoms with van der Waals surface area (Å²) < 4.78 is 12.5. The summed E-state index contributed by atoms with van der Waals surface area (Å²) in [4.78, 5) is 4.57. The third-order valence-electron chi connectivity index (χ3n) is 1.30. The lowest BCUT2D eigenvalue weighted by molar-refractivity contribution is 0.146. The van der Waals surface area contributed by atoms with Crippen molar-refractivity contribution in [1.82, 2.24) is 5.48 Å². The number of rotatable bonds is 2. The fourth-order valence-electron chi connectivity index (χ4n) is 0.783. The lowest BCUT2D eigenvalue weighted by Crippen LogP contribution is -2.27. The minimum atomic E-state index is -0.281. The summed E-state index contributed by atoms with van der Waals surface area (Å²) in [5.41, 5.74) is 3.14. The first kappa shape index (κ1) is 9.88. The van der Waals surface area contributed by atoms with Gasteiger partial charge in [-0.15, -0.1) is 0 Å². The number of hydrogen-bond acceptors (Lipinski definition) is 2. The highest BCUT2D eigenvalue weighted by atomic mass is 32.1. The first-order valence-electron chi connectivity index (χ1n) is 3.58. The molecule has 0 aliphatic carbocycles. The van der Waals surface area contributed by atoms with Gasteiger partial charge in [0.15, 0.2) is 5.11 Å². The van der Waals surface area contributed by atoms with Crippen LogP contribution >= 0.6 is 12.2 Å². The van der Waals surface area contributed by atoms with Crippen LogP contribution in [0.1, 0.15) is 0 Å². The van der Waals surface area contributed by atoms with Gasteiger partial charge in [0.25, 0.3) is 0 Å². The molecule has 0 aliphatic rings. The van der Waals surface area contributed by atoms with E-state index in [-0.39, 0.29) is 5.82 Å². The van der Waals surface area contributed by atoms with Crippen molar-refractivity contribution in [1.29, 1.82) is 0 Å². The van der Waals surface area contributed by atoms with Crippen molar-refractivity contribution in [3.05, 3.63) is 30.1 Å². The van der Waals surface area contributed by atoms with E-state index in [2.05, 4.69) is 15.6 Å². The average molecular weight is 200 g/mol. The summed E-state index contributed by atoms with van der Waals surface area (Å²) >= 11 is 4.83. The van der Waals surface area contributed by atoms with Crippen molar-refractivity contribution < 1.29 is 9.23 Å². The molecule has 0 fully saturated rings. The van der Waals surface area contributed by atoms with Gasteiger partial charge in [0.1, 0.15) is 5.82 Å². The van der Waals surface area contributed by atoms with E-state index < -0.39 is 0 Å². The van der Waals surface area contributed by atoms with Crippen LogP contribution in [0.2, 0.25) is 0 Å². The molecule has 70 valence electrons. The summed E-state index contributed by atoms with van der Waals surface area (Å²) in [6.07, 6.45) is 0. The van der Waals surface area contributed by atoms with Crippen molar-refractivity contribution in [2.75, 3.05) is 12.4 Å². The molecule has 5 heteroatoms. The number of nitrogens with one attached hydrogen (secondary N) is 2. The Balaban J connectivity index is 2.54. The molecule has 2 N–H and O–H groups in total. The van der Waals surface area contributed by atoms with Crippen LogP contribution < -0.4 is 10.8 Å². The maximum absolute atomic E-state index is 12.5. The molecule has 1 aromatic carbocycles. The second-order valence-electron chi connectivity index (χ2n) is 2.27. The molecule has 0 unspecified atom stereocenters. The SMILES string of the molecule is CONC(=S)Nc1ccc(F)cc1. The second-order valence-corrected chi connectivity index (χ2v) is 2.68. The predicted octanol–water partition coefficient (Wildman–Crippen LogP) is 1.67. The van der Waals surface area contributed by atoms with Crippen LogP contribution in [0.15, 0.2) is 24.3 Å². The maximum atomic E-state index is 12.5. The Hall–Kier alpha value is -1.20. The minimum Gasteiger partial charge on any atom is -0.331 e. The number of anilines is 1. The van der Waals surface area contributed by atoms with Crippen LogP contribution in [-0.4, -0.2) is 12.2 Å². The van der Waals surface area contributed by atoms with Gasteiger partial charge >= 0.3 is 0 Å². The highest BCUT2D eigenvalue weighted by Crippen LogP contribution is 2.07. The number of thiocarbonyl (C=S) groups is 1. The van der Waals surface area contributed by atoms with E-state index in [9.17, 15) is 4.39 Å². The third kappa shape index (κ3) is 3.35. The third-order valence-corrected chi connectivity index (χ3v) is 1.48. The van der Waals surface area contributed by atoms with Gasteiger partial charge in [-0.25, -0.2) is 9.87 Å². The molecule has 1 rings (SSSR count). The Bertz CT molecular complexity index is 289. The summed E-state index contributed by atoms with van der Waals surface area (Å²) in [7, 11) is 1.46. The van der Waals surface area contributed by atoms with Gasteiger partial charge < -0.3 is 5.32 Å². The predicted molar refractivity (Wildman–Crippen MR) is 52.8 cm³/mol. The van der Waals surface area contributed by atoms with Crippen molar-refractivity contribution in [3.63, 3.8) is 0 Å². The van der Waals surface area contributed by atoms with Gasteiger partial charge in [-0.1, -0.05) is 0 Å². The molecule has 0 atom stereocenters. The molecule has 0 radical (unpaired) electrons. The summed E-state index contributed by atoms with van der Waals surface area (Å²) in [6.45, 7) is 0. The normalized spacial score (nSPS) is 9.38. The van der Waals surface area contributed by atoms with E-state index in [1.807, 2.05) is 0 Å². The van der Waals surface area contributed by atoms with E-state index in [0.717, 1.165) is 0 Å². The van der Waals surface area contributed by atoms with E-state index in [0.29, 0.717) is 10.8 Å². The Labute approximate surface area is 80.9 Å². The highest BCUT2D eigenvalue weighted by molar-refractivity contribution is 7.80. The summed E-state index contributed by atoms with van der Waals surface area (Å²) in [5, 5.41) is 3.13. The molecular formula is C8H9FN2OS. The maximum Gasteiger partial charge on any atom is 0.195 e. The van der Waals surface area contributed by atoms with Crippen molar-refractivity contribution in [2.24, 2.45) is 0 Å². The highest BCUT2D eigenvalue weighted by Gasteiger charge is 1.95. The summed E-state index contributed by atoms with van der Waals surface area (Å²) in [6, 6.07) is 5.85. The Morgan fingerprint density at radius 1 is 1.38 bits per heavy atom. The number of benzene rings is 1. The zero-order valence-electron chi connectivity index (χ0n) is 7.00. The Morgan fingerprint density at radius 2 is 2.00 bits per heavy atom. The minimum absolute atomic E-state index is 0.281. The smallest absolute Gasteiger partial charge is 0.195 e. The van der Waals surface area contributed by atoms with E-state index in [1.54, 1.807) is 12.1 Å². The first-order chi connectivity index (χ1) is 6.22. The second kappa shape index (κ2) is 4.74. The van der Waals surface area contributed by atoms with Crippen LogP contribution in [-0.2, 0) is 4.84 Å². The lowest BCUT2D eigenvalue weighted by atomic mass is 10.3. The lowest BCUT2D eigenvalue weighted by Gasteiger charge is -2.07. The van der Waals surface area contributed by atoms with Crippen LogP contribution in [0.5, 0.6) is 0 Å². The first-order valence-corrected chi connectivity index (χ1v) is 3.99. The molecule has 0 saturated heterocycles.